The van der Waals surface area contributed by atoms with Crippen LogP contribution in [0.4, 0.5) is 0 Å². The fourth-order valence-electron chi connectivity index (χ4n) is 2.93. The van der Waals surface area contributed by atoms with Crippen molar-refractivity contribution in [2.45, 2.75) is 0 Å². The molecule has 2 N–H and O–H groups in total. The number of benzene rings is 2. The van der Waals surface area contributed by atoms with Crippen molar-refractivity contribution >= 4 is 21.5 Å². The van der Waals surface area contributed by atoms with E-state index in [2.05, 4.69) is 22.1 Å². The Balaban J connectivity index is 2.14. The largest absolute Gasteiger partial charge is 0.344 e. The number of rotatable bonds is 1. The SMILES string of the molecule is N#Cc1[nH]c(-c2[nH]c(C#N)c3ccccc23)c2ccccc12. The predicted molar refractivity (Wildman–Crippen MR) is 85.0 cm³/mol. The van der Waals surface area contributed by atoms with E-state index >= 15 is 0 Å². The van der Waals surface area contributed by atoms with E-state index in [-0.39, 0.29) is 0 Å². The fraction of sp³-hybridized carbons (Fsp3) is 0. The van der Waals surface area contributed by atoms with Crippen LogP contribution in [0.3, 0.4) is 0 Å². The molecular formula is C18H10N4. The molecule has 0 fully saturated rings. The van der Waals surface area contributed by atoms with Crippen LogP contribution in [-0.2, 0) is 0 Å². The van der Waals surface area contributed by atoms with Crippen LogP contribution in [-0.4, -0.2) is 9.97 Å². The Kier molecular flexibility index (Phi) is 2.51. The monoisotopic (exact) mass is 282 g/mol. The van der Waals surface area contributed by atoms with Gasteiger partial charge in [0.15, 0.2) is 0 Å². The summed E-state index contributed by atoms with van der Waals surface area (Å²) in [6.07, 6.45) is 0. The Morgan fingerprint density at radius 2 is 0.955 bits per heavy atom. The summed E-state index contributed by atoms with van der Waals surface area (Å²) in [5, 5.41) is 22.3. The fourth-order valence-corrected chi connectivity index (χ4v) is 2.93. The minimum absolute atomic E-state index is 0.530. The molecule has 0 radical (unpaired) electrons. The molecule has 2 heterocycles. The second kappa shape index (κ2) is 4.51. The normalized spacial score (nSPS) is 10.6. The first-order chi connectivity index (χ1) is 10.8. The van der Waals surface area contributed by atoms with E-state index in [1.54, 1.807) is 0 Å². The molecule has 0 spiro atoms. The lowest BCUT2D eigenvalue weighted by Crippen LogP contribution is -1.81. The molecule has 0 saturated carbocycles. The summed E-state index contributed by atoms with van der Waals surface area (Å²) in [5.41, 5.74) is 2.74. The predicted octanol–water partition coefficient (Wildman–Crippen LogP) is 4.06. The minimum Gasteiger partial charge on any atom is -0.344 e. The average Bonchev–Trinajstić information content (AvgIpc) is 3.13. The van der Waals surface area contributed by atoms with Gasteiger partial charge in [-0.15, -0.1) is 0 Å². The van der Waals surface area contributed by atoms with Gasteiger partial charge in [-0.25, -0.2) is 0 Å². The van der Waals surface area contributed by atoms with Gasteiger partial charge in [0.2, 0.25) is 0 Å². The topological polar surface area (TPSA) is 79.2 Å². The third-order valence-electron chi connectivity index (χ3n) is 3.91. The smallest absolute Gasteiger partial charge is 0.126 e. The summed E-state index contributed by atoms with van der Waals surface area (Å²) >= 11 is 0. The van der Waals surface area contributed by atoms with E-state index < -0.39 is 0 Å². The van der Waals surface area contributed by atoms with Crippen molar-refractivity contribution in [3.05, 3.63) is 59.9 Å². The van der Waals surface area contributed by atoms with Crippen LogP contribution >= 0.6 is 0 Å². The van der Waals surface area contributed by atoms with Gasteiger partial charge < -0.3 is 9.97 Å². The van der Waals surface area contributed by atoms with Crippen molar-refractivity contribution in [2.24, 2.45) is 0 Å². The third-order valence-corrected chi connectivity index (χ3v) is 3.91. The van der Waals surface area contributed by atoms with Gasteiger partial charge in [-0.05, 0) is 0 Å². The molecular weight excluding hydrogens is 272 g/mol. The van der Waals surface area contributed by atoms with Gasteiger partial charge in [-0.1, -0.05) is 48.5 Å². The lowest BCUT2D eigenvalue weighted by atomic mass is 10.1. The highest BCUT2D eigenvalue weighted by Crippen LogP contribution is 2.35. The molecule has 0 aliphatic heterocycles. The van der Waals surface area contributed by atoms with Crippen LogP contribution in [0.1, 0.15) is 11.4 Å². The van der Waals surface area contributed by atoms with E-state index in [4.69, 9.17) is 0 Å². The molecule has 2 aromatic heterocycles. The van der Waals surface area contributed by atoms with Gasteiger partial charge in [-0.2, -0.15) is 10.5 Å². The quantitative estimate of drug-likeness (QED) is 0.552. The number of fused-ring (bicyclic) bond motifs is 2. The minimum atomic E-state index is 0.530. The Hall–Kier alpha value is -3.50. The summed E-state index contributed by atoms with van der Waals surface area (Å²) in [4.78, 5) is 6.37. The molecule has 4 heteroatoms. The van der Waals surface area contributed by atoms with Crippen LogP contribution in [0.15, 0.2) is 48.5 Å². The van der Waals surface area contributed by atoms with Crippen molar-refractivity contribution in [2.75, 3.05) is 0 Å². The maximum absolute atomic E-state index is 9.32. The maximum Gasteiger partial charge on any atom is 0.126 e. The van der Waals surface area contributed by atoms with Crippen molar-refractivity contribution < 1.29 is 0 Å². The highest BCUT2D eigenvalue weighted by Gasteiger charge is 2.16. The second-order valence-corrected chi connectivity index (χ2v) is 5.06. The van der Waals surface area contributed by atoms with Gasteiger partial charge in [0.25, 0.3) is 0 Å². The molecule has 0 atom stereocenters. The van der Waals surface area contributed by atoms with E-state index in [1.165, 1.54) is 0 Å². The molecule has 0 saturated heterocycles. The maximum atomic E-state index is 9.32. The van der Waals surface area contributed by atoms with Gasteiger partial charge in [0, 0.05) is 21.5 Å². The highest BCUT2D eigenvalue weighted by molar-refractivity contribution is 6.06. The number of hydrogen-bond acceptors (Lipinski definition) is 2. The van der Waals surface area contributed by atoms with Crippen molar-refractivity contribution in [3.8, 4) is 23.5 Å². The van der Waals surface area contributed by atoms with Gasteiger partial charge >= 0.3 is 0 Å². The summed E-state index contributed by atoms with van der Waals surface area (Å²) in [5.74, 6) is 0. The number of aromatic nitrogens is 2. The zero-order valence-electron chi connectivity index (χ0n) is 11.5. The summed E-state index contributed by atoms with van der Waals surface area (Å²) in [6.45, 7) is 0. The summed E-state index contributed by atoms with van der Waals surface area (Å²) in [7, 11) is 0. The Morgan fingerprint density at radius 3 is 1.32 bits per heavy atom. The molecule has 102 valence electrons. The Morgan fingerprint density at radius 1 is 0.591 bits per heavy atom. The summed E-state index contributed by atoms with van der Waals surface area (Å²) < 4.78 is 0. The molecule has 0 aliphatic carbocycles. The second-order valence-electron chi connectivity index (χ2n) is 5.06. The standard InChI is InChI=1S/C18H10N4/c19-9-15-11-5-1-3-7-13(11)17(21-15)18-14-8-4-2-6-12(14)16(10-20)22-18/h1-8,21-22H. The van der Waals surface area contributed by atoms with Gasteiger partial charge in [-0.3, -0.25) is 0 Å². The molecule has 2 aromatic carbocycles. The molecule has 4 aromatic rings. The van der Waals surface area contributed by atoms with E-state index in [0.29, 0.717) is 11.4 Å². The number of H-pyrrole nitrogens is 2. The highest BCUT2D eigenvalue weighted by atomic mass is 14.8. The molecule has 0 aliphatic rings. The first kappa shape index (κ1) is 12.3. The first-order valence-corrected chi connectivity index (χ1v) is 6.85. The van der Waals surface area contributed by atoms with Gasteiger partial charge in [0.1, 0.15) is 23.5 Å². The molecule has 0 amide bonds. The molecule has 4 nitrogen and oxygen atoms in total. The number of aromatic amines is 2. The van der Waals surface area contributed by atoms with Crippen LogP contribution in [0.2, 0.25) is 0 Å². The number of nitrogens with one attached hydrogen (secondary N) is 2. The van der Waals surface area contributed by atoms with Crippen molar-refractivity contribution in [1.82, 2.24) is 9.97 Å². The third kappa shape index (κ3) is 1.55. The van der Waals surface area contributed by atoms with Gasteiger partial charge in [0.05, 0.1) is 11.4 Å². The lowest BCUT2D eigenvalue weighted by Gasteiger charge is -1.98. The number of nitrogens with zero attached hydrogens (tertiary/aromatic N) is 2. The Labute approximate surface area is 126 Å². The zero-order valence-corrected chi connectivity index (χ0v) is 11.5. The van der Waals surface area contributed by atoms with Crippen LogP contribution < -0.4 is 0 Å². The lowest BCUT2D eigenvalue weighted by molar-refractivity contribution is 1.29. The summed E-state index contributed by atoms with van der Waals surface area (Å²) in [6, 6.07) is 19.9. The molecule has 0 bridgehead atoms. The van der Waals surface area contributed by atoms with E-state index in [1.807, 2.05) is 48.5 Å². The van der Waals surface area contributed by atoms with E-state index in [0.717, 1.165) is 32.9 Å². The zero-order chi connectivity index (χ0) is 15.1. The first-order valence-electron chi connectivity index (χ1n) is 6.85. The average molecular weight is 282 g/mol. The van der Waals surface area contributed by atoms with Crippen LogP contribution in [0, 0.1) is 22.7 Å². The Bertz CT molecular complexity index is 1010. The van der Waals surface area contributed by atoms with E-state index in [9.17, 15) is 10.5 Å². The molecule has 0 unspecified atom stereocenters. The van der Waals surface area contributed by atoms with Crippen molar-refractivity contribution in [1.29, 1.82) is 10.5 Å². The number of nitriles is 2. The molecule has 4 rings (SSSR count). The van der Waals surface area contributed by atoms with Crippen LogP contribution in [0.5, 0.6) is 0 Å². The number of hydrogen-bond donors (Lipinski definition) is 2. The molecule has 22 heavy (non-hydrogen) atoms. The van der Waals surface area contributed by atoms with Crippen LogP contribution in [0.25, 0.3) is 32.9 Å². The van der Waals surface area contributed by atoms with Crippen molar-refractivity contribution in [3.63, 3.8) is 0 Å².